The molecule has 1 aliphatic heterocycles. The third-order valence-electron chi connectivity index (χ3n) is 4.01. The Balaban J connectivity index is 1.68. The monoisotopic (exact) mass is 400 g/mol. The Morgan fingerprint density at radius 2 is 2.00 bits per heavy atom. The molecular formula is C20H20N2O3S2. The van der Waals surface area contributed by atoms with Crippen molar-refractivity contribution in [1.29, 1.82) is 5.26 Å². The number of amides is 1. The standard InChI is InChI=1S/C20H20N2O3S2/c1-13(19(23)22-16-5-3-4-14(10-16)12-21)25-17-7-6-15(11-18(17)24-2)20-26-8-9-27-20/h3-7,10-11,13,20H,8-9H2,1-2H3,(H,22,23)/t13-/m1/s1. The highest BCUT2D eigenvalue weighted by Gasteiger charge is 2.22. The van der Waals surface area contributed by atoms with E-state index in [0.717, 1.165) is 11.5 Å². The Morgan fingerprint density at radius 1 is 1.22 bits per heavy atom. The zero-order valence-electron chi connectivity index (χ0n) is 15.1. The SMILES string of the molecule is COc1cc(C2SCCS2)ccc1O[C@H](C)C(=O)Nc1cccc(C#N)c1. The zero-order chi connectivity index (χ0) is 19.2. The van der Waals surface area contributed by atoms with Crippen LogP contribution in [0.4, 0.5) is 5.69 Å². The largest absolute Gasteiger partial charge is 0.493 e. The number of nitrogens with zero attached hydrogens (tertiary/aromatic N) is 1. The van der Waals surface area contributed by atoms with Gasteiger partial charge in [0.05, 0.1) is 23.3 Å². The van der Waals surface area contributed by atoms with Crippen molar-refractivity contribution in [3.05, 3.63) is 53.6 Å². The molecule has 5 nitrogen and oxygen atoms in total. The molecule has 1 amide bonds. The van der Waals surface area contributed by atoms with Gasteiger partial charge in [-0.25, -0.2) is 0 Å². The topological polar surface area (TPSA) is 71.3 Å². The minimum atomic E-state index is -0.717. The second-order valence-corrected chi connectivity index (χ2v) is 8.65. The van der Waals surface area contributed by atoms with E-state index in [1.54, 1.807) is 38.3 Å². The van der Waals surface area contributed by atoms with Crippen molar-refractivity contribution >= 4 is 35.1 Å². The molecule has 1 heterocycles. The van der Waals surface area contributed by atoms with E-state index in [1.807, 2.05) is 41.7 Å². The van der Waals surface area contributed by atoms with E-state index < -0.39 is 6.10 Å². The maximum atomic E-state index is 12.4. The lowest BCUT2D eigenvalue weighted by Gasteiger charge is -2.18. The molecule has 0 aromatic heterocycles. The van der Waals surface area contributed by atoms with E-state index >= 15 is 0 Å². The fraction of sp³-hybridized carbons (Fsp3) is 0.300. The Hall–Kier alpha value is -2.30. The molecule has 0 spiro atoms. The minimum absolute atomic E-state index is 0.293. The molecular weight excluding hydrogens is 380 g/mol. The summed E-state index contributed by atoms with van der Waals surface area (Å²) in [7, 11) is 1.60. The van der Waals surface area contributed by atoms with Gasteiger partial charge in [0.2, 0.25) is 0 Å². The van der Waals surface area contributed by atoms with Crippen molar-refractivity contribution in [2.24, 2.45) is 0 Å². The number of anilines is 1. The van der Waals surface area contributed by atoms with Crippen LogP contribution < -0.4 is 14.8 Å². The summed E-state index contributed by atoms with van der Waals surface area (Å²) in [6.45, 7) is 1.68. The molecule has 0 saturated carbocycles. The predicted molar refractivity (Wildman–Crippen MR) is 111 cm³/mol. The number of nitrogens with one attached hydrogen (secondary N) is 1. The van der Waals surface area contributed by atoms with Gasteiger partial charge >= 0.3 is 0 Å². The van der Waals surface area contributed by atoms with Gasteiger partial charge in [0.15, 0.2) is 17.6 Å². The third kappa shape index (κ3) is 4.90. The van der Waals surface area contributed by atoms with Crippen LogP contribution in [0.3, 0.4) is 0 Å². The lowest BCUT2D eigenvalue weighted by atomic mass is 10.2. The van der Waals surface area contributed by atoms with Gasteiger partial charge in [0.1, 0.15) is 0 Å². The maximum absolute atomic E-state index is 12.4. The van der Waals surface area contributed by atoms with Crippen molar-refractivity contribution in [3.63, 3.8) is 0 Å². The summed E-state index contributed by atoms with van der Waals surface area (Å²) >= 11 is 3.85. The second-order valence-electron chi connectivity index (χ2n) is 5.93. The number of thioether (sulfide) groups is 2. The Bertz CT molecular complexity index is 861. The highest BCUT2D eigenvalue weighted by molar-refractivity contribution is 8.19. The number of carbonyl (C=O) groups excluding carboxylic acids is 1. The first kappa shape index (κ1) is 19.5. The van der Waals surface area contributed by atoms with Gasteiger partial charge in [-0.1, -0.05) is 12.1 Å². The van der Waals surface area contributed by atoms with Gasteiger partial charge in [-0.05, 0) is 42.8 Å². The third-order valence-corrected chi connectivity index (χ3v) is 7.12. The van der Waals surface area contributed by atoms with Crippen LogP contribution in [-0.2, 0) is 4.79 Å². The first-order valence-electron chi connectivity index (χ1n) is 8.49. The second kappa shape index (κ2) is 9.07. The normalized spacial score (nSPS) is 15.0. The minimum Gasteiger partial charge on any atom is -0.493 e. The van der Waals surface area contributed by atoms with Crippen molar-refractivity contribution < 1.29 is 14.3 Å². The molecule has 1 fully saturated rings. The van der Waals surface area contributed by atoms with Gasteiger partial charge in [0.25, 0.3) is 5.91 Å². The van der Waals surface area contributed by atoms with Gasteiger partial charge in [0, 0.05) is 17.2 Å². The molecule has 0 aliphatic carbocycles. The van der Waals surface area contributed by atoms with Crippen molar-refractivity contribution in [1.82, 2.24) is 0 Å². The van der Waals surface area contributed by atoms with Crippen LogP contribution in [0.2, 0.25) is 0 Å². The highest BCUT2D eigenvalue weighted by atomic mass is 32.2. The number of hydrogen-bond donors (Lipinski definition) is 1. The van der Waals surface area contributed by atoms with E-state index in [0.29, 0.717) is 27.3 Å². The lowest BCUT2D eigenvalue weighted by Crippen LogP contribution is -2.30. The van der Waals surface area contributed by atoms with Crippen LogP contribution in [0.5, 0.6) is 11.5 Å². The average Bonchev–Trinajstić information content (AvgIpc) is 3.23. The van der Waals surface area contributed by atoms with Crippen molar-refractivity contribution in [2.45, 2.75) is 17.6 Å². The van der Waals surface area contributed by atoms with E-state index in [-0.39, 0.29) is 5.91 Å². The molecule has 1 aliphatic rings. The van der Waals surface area contributed by atoms with Crippen LogP contribution in [0.1, 0.15) is 22.6 Å². The summed E-state index contributed by atoms with van der Waals surface area (Å²) in [6, 6.07) is 14.7. The molecule has 1 N–H and O–H groups in total. The van der Waals surface area contributed by atoms with E-state index in [1.165, 1.54) is 5.56 Å². The van der Waals surface area contributed by atoms with Crippen LogP contribution in [0.25, 0.3) is 0 Å². The number of hydrogen-bond acceptors (Lipinski definition) is 6. The lowest BCUT2D eigenvalue weighted by molar-refractivity contribution is -0.122. The van der Waals surface area contributed by atoms with Crippen LogP contribution in [-0.4, -0.2) is 30.6 Å². The smallest absolute Gasteiger partial charge is 0.265 e. The molecule has 0 bridgehead atoms. The summed E-state index contributed by atoms with van der Waals surface area (Å²) < 4.78 is 11.7. The molecule has 2 aromatic rings. The fourth-order valence-electron chi connectivity index (χ4n) is 2.63. The van der Waals surface area contributed by atoms with E-state index in [4.69, 9.17) is 14.7 Å². The summed E-state index contributed by atoms with van der Waals surface area (Å²) in [5.74, 6) is 3.16. The quantitative estimate of drug-likeness (QED) is 0.772. The summed E-state index contributed by atoms with van der Waals surface area (Å²) in [5.41, 5.74) is 2.24. The van der Waals surface area contributed by atoms with Crippen molar-refractivity contribution in [2.75, 3.05) is 23.9 Å². The van der Waals surface area contributed by atoms with E-state index in [9.17, 15) is 4.79 Å². The molecule has 1 saturated heterocycles. The molecule has 0 radical (unpaired) electrons. The maximum Gasteiger partial charge on any atom is 0.265 e. The number of ether oxygens (including phenoxy) is 2. The zero-order valence-corrected chi connectivity index (χ0v) is 16.7. The first-order valence-corrected chi connectivity index (χ1v) is 10.6. The number of methoxy groups -OCH3 is 1. The van der Waals surface area contributed by atoms with Gasteiger partial charge in [-0.15, -0.1) is 23.5 Å². The summed E-state index contributed by atoms with van der Waals surface area (Å²) in [5, 5.41) is 11.7. The number of nitriles is 1. The molecule has 27 heavy (non-hydrogen) atoms. The predicted octanol–water partition coefficient (Wildman–Crippen LogP) is 4.45. The molecule has 1 atom stereocenters. The molecule has 0 unspecified atom stereocenters. The fourth-order valence-corrected chi connectivity index (χ4v) is 5.47. The molecule has 140 valence electrons. The summed E-state index contributed by atoms with van der Waals surface area (Å²) in [4.78, 5) is 12.4. The average molecular weight is 401 g/mol. The molecule has 7 heteroatoms. The Labute approximate surface area is 167 Å². The highest BCUT2D eigenvalue weighted by Crippen LogP contribution is 2.47. The van der Waals surface area contributed by atoms with Gasteiger partial charge in [-0.2, -0.15) is 5.26 Å². The number of rotatable bonds is 6. The number of carbonyl (C=O) groups is 1. The van der Waals surface area contributed by atoms with Crippen LogP contribution in [0, 0.1) is 11.3 Å². The Morgan fingerprint density at radius 3 is 2.70 bits per heavy atom. The molecule has 3 rings (SSSR count). The number of benzene rings is 2. The summed E-state index contributed by atoms with van der Waals surface area (Å²) in [6.07, 6.45) is -0.717. The van der Waals surface area contributed by atoms with Crippen molar-refractivity contribution in [3.8, 4) is 17.6 Å². The van der Waals surface area contributed by atoms with E-state index in [2.05, 4.69) is 11.4 Å². The van der Waals surface area contributed by atoms with Crippen LogP contribution >= 0.6 is 23.5 Å². The van der Waals surface area contributed by atoms with Gasteiger partial charge in [-0.3, -0.25) is 4.79 Å². The Kier molecular flexibility index (Phi) is 6.54. The van der Waals surface area contributed by atoms with Gasteiger partial charge < -0.3 is 14.8 Å². The van der Waals surface area contributed by atoms with Crippen LogP contribution in [0.15, 0.2) is 42.5 Å². The molecule has 2 aromatic carbocycles. The first-order chi connectivity index (χ1) is 13.1.